The number of nitrogens with one attached hydrogen (secondary N) is 1. The summed E-state index contributed by atoms with van der Waals surface area (Å²) in [6.45, 7) is -0.890. The molecule has 0 bridgehead atoms. The maximum Gasteiger partial charge on any atom is 0.489 e. The Labute approximate surface area is 195 Å². The predicted octanol–water partition coefficient (Wildman–Crippen LogP) is -1.57. The molecule has 4 unspecified atom stereocenters. The average molecular weight is 560 g/mol. The maximum absolute atomic E-state index is 12.2. The number of nitrogen functional groups attached to an aromatic ring is 1. The molecule has 0 saturated carbocycles. The molecular formula is C14H21N5O13P3+. The molecule has 1 saturated heterocycles. The highest BCUT2D eigenvalue weighted by atomic mass is 31.3. The van der Waals surface area contributed by atoms with Crippen molar-refractivity contribution in [2.45, 2.75) is 24.5 Å². The molecule has 1 fully saturated rings. The number of terminal acetylenes is 1. The number of imidazole rings is 1. The summed E-state index contributed by atoms with van der Waals surface area (Å²) < 4.78 is 61.0. The SMILES string of the molecule is C#CP(=O)(O)OP(=O)(O)OP(=O)(O)OC[C@H]1O[C@@H]([n+]2cn(C)c3c(=O)[nH]c(N)nc32)[C@@H](OC)C1O. The normalized spacial score (nSPS) is 27.7. The molecule has 35 heavy (non-hydrogen) atoms. The van der Waals surface area contributed by atoms with E-state index in [-0.39, 0.29) is 17.1 Å². The van der Waals surface area contributed by atoms with E-state index < -0.39 is 59.9 Å². The Morgan fingerprint density at radius 3 is 2.57 bits per heavy atom. The molecule has 0 amide bonds. The van der Waals surface area contributed by atoms with E-state index in [1.54, 1.807) is 7.05 Å². The van der Waals surface area contributed by atoms with Crippen LogP contribution in [0.5, 0.6) is 0 Å². The quantitative estimate of drug-likeness (QED) is 0.115. The summed E-state index contributed by atoms with van der Waals surface area (Å²) in [4.78, 5) is 46.8. The van der Waals surface area contributed by atoms with Crippen molar-refractivity contribution < 1.29 is 60.7 Å². The number of aliphatic hydroxyl groups is 1. The van der Waals surface area contributed by atoms with E-state index in [1.807, 2.05) is 0 Å². The van der Waals surface area contributed by atoms with Gasteiger partial charge in [-0.3, -0.25) is 18.9 Å². The fourth-order valence-corrected chi connectivity index (χ4v) is 6.55. The average Bonchev–Trinajstić information content (AvgIpc) is 3.20. The number of aromatic nitrogens is 4. The van der Waals surface area contributed by atoms with Gasteiger partial charge in [-0.2, -0.15) is 8.62 Å². The molecule has 7 atom stereocenters. The number of ether oxygens (including phenoxy) is 2. The number of aromatic amines is 1. The summed E-state index contributed by atoms with van der Waals surface area (Å²) in [6, 6.07) is 0. The van der Waals surface area contributed by atoms with Gasteiger partial charge in [0, 0.05) is 12.8 Å². The number of aliphatic hydroxyl groups excluding tert-OH is 1. The second-order valence-corrected chi connectivity index (χ2v) is 11.8. The summed E-state index contributed by atoms with van der Waals surface area (Å²) in [5, 5.41) is 10.6. The van der Waals surface area contributed by atoms with Crippen LogP contribution in [0.3, 0.4) is 0 Å². The van der Waals surface area contributed by atoms with Gasteiger partial charge >= 0.3 is 28.9 Å². The van der Waals surface area contributed by atoms with Crippen LogP contribution in [0.15, 0.2) is 11.1 Å². The van der Waals surface area contributed by atoms with Crippen LogP contribution in [0, 0.1) is 12.1 Å². The molecule has 3 heterocycles. The Morgan fingerprint density at radius 2 is 1.97 bits per heavy atom. The van der Waals surface area contributed by atoms with E-state index in [0.717, 1.165) is 0 Å². The molecule has 2 aromatic heterocycles. The van der Waals surface area contributed by atoms with E-state index in [2.05, 4.69) is 29.5 Å². The molecule has 1 aliphatic rings. The first-order valence-corrected chi connectivity index (χ1v) is 13.8. The van der Waals surface area contributed by atoms with Crippen LogP contribution in [0.4, 0.5) is 5.95 Å². The lowest BCUT2D eigenvalue weighted by Gasteiger charge is -2.19. The zero-order chi connectivity index (χ0) is 26.3. The molecule has 1 aliphatic heterocycles. The van der Waals surface area contributed by atoms with Gasteiger partial charge < -0.3 is 35.0 Å². The minimum absolute atomic E-state index is 0.0750. The molecule has 0 aliphatic carbocycles. The number of phosphoric ester groups is 1. The number of nitrogens with two attached hydrogens (primary N) is 1. The van der Waals surface area contributed by atoms with Gasteiger partial charge in [0.2, 0.25) is 11.7 Å². The lowest BCUT2D eigenvalue weighted by Crippen LogP contribution is -2.47. The van der Waals surface area contributed by atoms with Crippen LogP contribution >= 0.6 is 23.2 Å². The second kappa shape index (κ2) is 9.83. The Kier molecular flexibility index (Phi) is 7.76. The highest BCUT2D eigenvalue weighted by Gasteiger charge is 2.49. The third-order valence-electron chi connectivity index (χ3n) is 4.63. The highest BCUT2D eigenvalue weighted by molar-refractivity contribution is 7.70. The van der Waals surface area contributed by atoms with E-state index in [0.29, 0.717) is 0 Å². The van der Waals surface area contributed by atoms with Crippen molar-refractivity contribution in [3.63, 3.8) is 0 Å². The predicted molar refractivity (Wildman–Crippen MR) is 113 cm³/mol. The van der Waals surface area contributed by atoms with Crippen molar-refractivity contribution in [1.29, 1.82) is 0 Å². The van der Waals surface area contributed by atoms with Crippen LogP contribution in [0.25, 0.3) is 11.2 Å². The first-order chi connectivity index (χ1) is 16.1. The monoisotopic (exact) mass is 560 g/mol. The molecule has 21 heteroatoms. The van der Waals surface area contributed by atoms with Gasteiger partial charge in [-0.25, -0.2) is 18.3 Å². The Morgan fingerprint density at radius 1 is 1.31 bits per heavy atom. The second-order valence-electron chi connectivity index (χ2n) is 7.06. The summed E-state index contributed by atoms with van der Waals surface area (Å²) in [7, 11) is -13.3. The first-order valence-electron chi connectivity index (χ1n) is 9.25. The number of hydrogen-bond acceptors (Lipinski definition) is 12. The Bertz CT molecular complexity index is 1370. The fraction of sp³-hybridized carbons (Fsp3) is 0.500. The van der Waals surface area contributed by atoms with Gasteiger partial charge in [-0.05, 0) is 0 Å². The van der Waals surface area contributed by atoms with Crippen LogP contribution in [0.1, 0.15) is 6.23 Å². The van der Waals surface area contributed by atoms with Gasteiger partial charge in [0.15, 0.2) is 6.33 Å². The molecular weight excluding hydrogens is 539 g/mol. The fourth-order valence-electron chi connectivity index (χ4n) is 3.29. The van der Waals surface area contributed by atoms with Crippen LogP contribution < -0.4 is 15.9 Å². The summed E-state index contributed by atoms with van der Waals surface area (Å²) in [5.74, 6) is -0.193. The lowest BCUT2D eigenvalue weighted by molar-refractivity contribution is -0.746. The largest absolute Gasteiger partial charge is 0.489 e. The molecule has 2 aromatic rings. The van der Waals surface area contributed by atoms with E-state index >= 15 is 0 Å². The maximum atomic E-state index is 12.2. The highest BCUT2D eigenvalue weighted by Crippen LogP contribution is 2.67. The van der Waals surface area contributed by atoms with Crippen molar-refractivity contribution in [3.8, 4) is 12.1 Å². The van der Waals surface area contributed by atoms with Gasteiger partial charge in [-0.1, -0.05) is 4.98 Å². The molecule has 194 valence electrons. The third-order valence-corrected chi connectivity index (χ3v) is 8.80. The van der Waals surface area contributed by atoms with Gasteiger partial charge in [0.25, 0.3) is 11.5 Å². The molecule has 0 radical (unpaired) electrons. The summed E-state index contributed by atoms with van der Waals surface area (Å²) in [6.07, 6.45) is 0.961. The zero-order valence-corrected chi connectivity index (χ0v) is 20.6. The molecule has 18 nitrogen and oxygen atoms in total. The number of H-pyrrole nitrogens is 1. The summed E-state index contributed by atoms with van der Waals surface area (Å²) in [5.41, 5.74) is 6.44. The number of methoxy groups -OCH3 is 1. The zero-order valence-electron chi connectivity index (χ0n) is 17.9. The van der Waals surface area contributed by atoms with Crippen molar-refractivity contribution >= 4 is 40.4 Å². The molecule has 0 spiro atoms. The van der Waals surface area contributed by atoms with E-state index in [9.17, 15) is 33.4 Å². The number of nitrogens with zero attached hydrogens (tertiary/aromatic N) is 3. The Balaban J connectivity index is 1.79. The van der Waals surface area contributed by atoms with Crippen molar-refractivity contribution in [1.82, 2.24) is 14.5 Å². The van der Waals surface area contributed by atoms with Crippen LogP contribution in [0.2, 0.25) is 0 Å². The van der Waals surface area contributed by atoms with E-state index in [1.165, 1.54) is 28.2 Å². The lowest BCUT2D eigenvalue weighted by atomic mass is 10.1. The third kappa shape index (κ3) is 6.07. The number of anilines is 1. The van der Waals surface area contributed by atoms with Gasteiger partial charge in [0.1, 0.15) is 18.3 Å². The number of fused-ring (bicyclic) bond motifs is 1. The minimum atomic E-state index is -5.62. The van der Waals surface area contributed by atoms with Crippen molar-refractivity contribution in [3.05, 3.63) is 16.7 Å². The summed E-state index contributed by atoms with van der Waals surface area (Å²) >= 11 is 0. The van der Waals surface area contributed by atoms with Crippen LogP contribution in [-0.4, -0.2) is 66.4 Å². The number of aryl methyl sites for hydroxylation is 1. The van der Waals surface area contributed by atoms with Crippen molar-refractivity contribution in [2.75, 3.05) is 19.5 Å². The Hall–Kier alpha value is -1.96. The van der Waals surface area contributed by atoms with Crippen LogP contribution in [-0.2, 0) is 43.4 Å². The van der Waals surface area contributed by atoms with Gasteiger partial charge in [0.05, 0.1) is 13.7 Å². The topological polar surface area (TPSA) is 259 Å². The van der Waals surface area contributed by atoms with Gasteiger partial charge in [-0.15, -0.1) is 6.42 Å². The molecule has 0 aromatic carbocycles. The standard InChI is InChI=1S/C14H20N5O13P3/c1-4-33(22,23)31-35(26,27)32-34(24,25)29-5-7-9(20)10(28-3)13(30-7)19-6-18(2)8-11(19)16-14(15)17-12(8)21/h1,6-7,9-10,13,20H,5H2,2-3H3,(H5-,15,16,17,21,22,23,24,25,26,27)/p+1/t7-,9?,10+,13-/m1/s1. The smallest absolute Gasteiger partial charge is 0.387 e. The number of hydrogen-bond donors (Lipinski definition) is 6. The first kappa shape index (κ1) is 27.6. The number of phosphoric acid groups is 2. The number of rotatable bonds is 9. The molecule has 3 rings (SSSR count). The van der Waals surface area contributed by atoms with Crippen molar-refractivity contribution in [2.24, 2.45) is 7.05 Å². The minimum Gasteiger partial charge on any atom is -0.387 e. The van der Waals surface area contributed by atoms with E-state index in [4.69, 9.17) is 20.1 Å². The molecule has 7 N–H and O–H groups in total.